The average molecular weight is 297 g/mol. The number of aliphatic hydroxyl groups excluding tert-OH is 1. The molecular formula is C16H15N3O3. The Morgan fingerprint density at radius 1 is 1.27 bits per heavy atom. The molecule has 0 aliphatic rings. The summed E-state index contributed by atoms with van der Waals surface area (Å²) < 4.78 is 1.72. The molecule has 1 unspecified atom stereocenters. The predicted octanol–water partition coefficient (Wildman–Crippen LogP) is 2.14. The molecule has 22 heavy (non-hydrogen) atoms. The number of aromatic nitrogens is 3. The molecule has 0 amide bonds. The van der Waals surface area contributed by atoms with Gasteiger partial charge in [0.1, 0.15) is 11.2 Å². The molecule has 2 N–H and O–H groups in total. The van der Waals surface area contributed by atoms with E-state index in [9.17, 15) is 9.90 Å². The molecule has 0 radical (unpaired) electrons. The van der Waals surface area contributed by atoms with Crippen molar-refractivity contribution in [2.24, 2.45) is 7.05 Å². The first-order chi connectivity index (χ1) is 10.6. The van der Waals surface area contributed by atoms with Crippen molar-refractivity contribution in [2.45, 2.75) is 12.5 Å². The summed E-state index contributed by atoms with van der Waals surface area (Å²) in [5.74, 6) is -1.05. The standard InChI is InChI=1S/C16H15N3O3/c1-19-12-7-4-8-17-16(12)15(18-19)11-6-3-2-5-10(11)13(20)9-14(21)22/h2-8,13,20H,9H2,1H3,(H,21,22). The van der Waals surface area contributed by atoms with E-state index in [2.05, 4.69) is 10.1 Å². The van der Waals surface area contributed by atoms with Crippen LogP contribution in [0.25, 0.3) is 22.3 Å². The molecule has 112 valence electrons. The summed E-state index contributed by atoms with van der Waals surface area (Å²) in [5.41, 5.74) is 3.47. The van der Waals surface area contributed by atoms with Gasteiger partial charge >= 0.3 is 5.97 Å². The minimum Gasteiger partial charge on any atom is -0.481 e. The number of hydrogen-bond acceptors (Lipinski definition) is 4. The second-order valence-corrected chi connectivity index (χ2v) is 5.04. The summed E-state index contributed by atoms with van der Waals surface area (Å²) >= 11 is 0. The van der Waals surface area contributed by atoms with Crippen molar-refractivity contribution in [1.82, 2.24) is 14.8 Å². The molecule has 0 aliphatic carbocycles. The largest absolute Gasteiger partial charge is 0.481 e. The van der Waals surface area contributed by atoms with Crippen LogP contribution in [0.3, 0.4) is 0 Å². The van der Waals surface area contributed by atoms with E-state index in [1.54, 1.807) is 23.0 Å². The van der Waals surface area contributed by atoms with Gasteiger partial charge in [0.15, 0.2) is 0 Å². The number of nitrogens with zero attached hydrogens (tertiary/aromatic N) is 3. The number of rotatable bonds is 4. The minimum absolute atomic E-state index is 0.352. The molecule has 6 heteroatoms. The van der Waals surface area contributed by atoms with Crippen molar-refractivity contribution in [3.05, 3.63) is 48.2 Å². The molecule has 3 aromatic rings. The first kappa shape index (κ1) is 14.2. The Kier molecular flexibility index (Phi) is 3.60. The number of pyridine rings is 1. The molecule has 0 fully saturated rings. The normalized spacial score (nSPS) is 12.5. The van der Waals surface area contributed by atoms with E-state index in [0.717, 1.165) is 11.0 Å². The molecule has 0 saturated heterocycles. The van der Waals surface area contributed by atoms with Gasteiger partial charge in [-0.05, 0) is 17.7 Å². The maximum absolute atomic E-state index is 10.9. The third kappa shape index (κ3) is 2.44. The van der Waals surface area contributed by atoms with E-state index in [4.69, 9.17) is 5.11 Å². The summed E-state index contributed by atoms with van der Waals surface area (Å²) in [5, 5.41) is 23.5. The highest BCUT2D eigenvalue weighted by molar-refractivity contribution is 5.90. The zero-order valence-electron chi connectivity index (χ0n) is 12.0. The Morgan fingerprint density at radius 3 is 2.82 bits per heavy atom. The lowest BCUT2D eigenvalue weighted by atomic mass is 9.97. The molecule has 1 aromatic carbocycles. The van der Waals surface area contributed by atoms with Crippen LogP contribution in [-0.4, -0.2) is 30.9 Å². The highest BCUT2D eigenvalue weighted by Gasteiger charge is 2.20. The molecular weight excluding hydrogens is 282 g/mol. The van der Waals surface area contributed by atoms with E-state index >= 15 is 0 Å². The van der Waals surface area contributed by atoms with Gasteiger partial charge < -0.3 is 10.2 Å². The SMILES string of the molecule is Cn1nc(-c2ccccc2C(O)CC(=O)O)c2ncccc21. The molecule has 6 nitrogen and oxygen atoms in total. The number of fused-ring (bicyclic) bond motifs is 1. The Morgan fingerprint density at radius 2 is 2.05 bits per heavy atom. The van der Waals surface area contributed by atoms with Gasteiger partial charge in [0, 0.05) is 18.8 Å². The van der Waals surface area contributed by atoms with Crippen molar-refractivity contribution < 1.29 is 15.0 Å². The van der Waals surface area contributed by atoms with Crippen LogP contribution in [0.5, 0.6) is 0 Å². The number of carboxylic acid groups (broad SMARTS) is 1. The van der Waals surface area contributed by atoms with E-state index in [-0.39, 0.29) is 6.42 Å². The molecule has 3 rings (SSSR count). The second-order valence-electron chi connectivity index (χ2n) is 5.04. The highest BCUT2D eigenvalue weighted by Crippen LogP contribution is 2.32. The summed E-state index contributed by atoms with van der Waals surface area (Å²) in [6, 6.07) is 10.9. The minimum atomic E-state index is -1.09. The Bertz CT molecular complexity index is 842. The van der Waals surface area contributed by atoms with Crippen molar-refractivity contribution in [3.63, 3.8) is 0 Å². The van der Waals surface area contributed by atoms with Gasteiger partial charge in [-0.25, -0.2) is 0 Å². The summed E-state index contributed by atoms with van der Waals surface area (Å²) in [6.45, 7) is 0. The van der Waals surface area contributed by atoms with Crippen LogP contribution < -0.4 is 0 Å². The second kappa shape index (κ2) is 5.57. The number of hydrogen-bond donors (Lipinski definition) is 2. The first-order valence-corrected chi connectivity index (χ1v) is 6.85. The molecule has 0 bridgehead atoms. The smallest absolute Gasteiger partial charge is 0.306 e. The first-order valence-electron chi connectivity index (χ1n) is 6.85. The van der Waals surface area contributed by atoms with Crippen molar-refractivity contribution in [3.8, 4) is 11.3 Å². The van der Waals surface area contributed by atoms with Crippen LogP contribution in [0.15, 0.2) is 42.6 Å². The number of carbonyl (C=O) groups is 1. The quantitative estimate of drug-likeness (QED) is 0.770. The van der Waals surface area contributed by atoms with Crippen molar-refractivity contribution >= 4 is 17.0 Å². The third-order valence-corrected chi connectivity index (χ3v) is 3.55. The average Bonchev–Trinajstić information content (AvgIpc) is 2.84. The lowest BCUT2D eigenvalue weighted by molar-refractivity contribution is -0.139. The number of carboxylic acids is 1. The van der Waals surface area contributed by atoms with Gasteiger partial charge in [-0.1, -0.05) is 24.3 Å². The lowest BCUT2D eigenvalue weighted by Crippen LogP contribution is -2.07. The summed E-state index contributed by atoms with van der Waals surface area (Å²) in [4.78, 5) is 15.2. The zero-order chi connectivity index (χ0) is 15.7. The molecule has 0 saturated carbocycles. The van der Waals surface area contributed by atoms with Crippen LogP contribution in [0.4, 0.5) is 0 Å². The lowest BCUT2D eigenvalue weighted by Gasteiger charge is -2.12. The predicted molar refractivity (Wildman–Crippen MR) is 81.2 cm³/mol. The topological polar surface area (TPSA) is 88.2 Å². The van der Waals surface area contributed by atoms with Gasteiger partial charge in [-0.15, -0.1) is 0 Å². The number of benzene rings is 1. The van der Waals surface area contributed by atoms with Gasteiger partial charge in [0.2, 0.25) is 0 Å². The van der Waals surface area contributed by atoms with Gasteiger partial charge in [-0.2, -0.15) is 5.10 Å². The Balaban J connectivity index is 2.17. The molecule has 0 aliphatic heterocycles. The molecule has 2 heterocycles. The Labute approximate surface area is 126 Å². The summed E-state index contributed by atoms with van der Waals surface area (Å²) in [7, 11) is 1.82. The maximum Gasteiger partial charge on any atom is 0.306 e. The van der Waals surface area contributed by atoms with E-state index in [1.165, 1.54) is 0 Å². The van der Waals surface area contributed by atoms with E-state index in [1.807, 2.05) is 31.3 Å². The third-order valence-electron chi connectivity index (χ3n) is 3.55. The Hall–Kier alpha value is -2.73. The van der Waals surface area contributed by atoms with Crippen molar-refractivity contribution in [1.29, 1.82) is 0 Å². The highest BCUT2D eigenvalue weighted by atomic mass is 16.4. The fourth-order valence-electron chi connectivity index (χ4n) is 2.55. The summed E-state index contributed by atoms with van der Waals surface area (Å²) in [6.07, 6.45) is 0.244. The molecule has 0 spiro atoms. The zero-order valence-corrected chi connectivity index (χ0v) is 12.0. The number of aliphatic hydroxyl groups is 1. The van der Waals surface area contributed by atoms with Gasteiger partial charge in [0.05, 0.1) is 18.0 Å². The van der Waals surface area contributed by atoms with E-state index in [0.29, 0.717) is 16.8 Å². The number of aliphatic carboxylic acids is 1. The fraction of sp³-hybridized carbons (Fsp3) is 0.188. The van der Waals surface area contributed by atoms with Gasteiger partial charge in [-0.3, -0.25) is 14.5 Å². The van der Waals surface area contributed by atoms with Crippen LogP contribution >= 0.6 is 0 Å². The monoisotopic (exact) mass is 297 g/mol. The van der Waals surface area contributed by atoms with Crippen LogP contribution in [0.2, 0.25) is 0 Å². The fourth-order valence-corrected chi connectivity index (χ4v) is 2.55. The van der Waals surface area contributed by atoms with Crippen molar-refractivity contribution in [2.75, 3.05) is 0 Å². The van der Waals surface area contributed by atoms with Crippen LogP contribution in [-0.2, 0) is 11.8 Å². The molecule has 2 aromatic heterocycles. The van der Waals surface area contributed by atoms with E-state index < -0.39 is 12.1 Å². The van der Waals surface area contributed by atoms with Crippen LogP contribution in [0, 0.1) is 0 Å². The maximum atomic E-state index is 10.9. The van der Waals surface area contributed by atoms with Gasteiger partial charge in [0.25, 0.3) is 0 Å². The van der Waals surface area contributed by atoms with Crippen LogP contribution in [0.1, 0.15) is 18.1 Å². The number of aryl methyl sites for hydroxylation is 1. The molecule has 1 atom stereocenters.